The highest BCUT2D eigenvalue weighted by Gasteiger charge is 2.15. The third-order valence-electron chi connectivity index (χ3n) is 3.47. The number of nitrogens with zero attached hydrogens (tertiary/aromatic N) is 1. The largest absolute Gasteiger partial charge is 0.494 e. The molecule has 7 heteroatoms. The first-order valence-electron chi connectivity index (χ1n) is 8.29. The minimum absolute atomic E-state index is 0.0779. The molecule has 25 heavy (non-hydrogen) atoms. The summed E-state index contributed by atoms with van der Waals surface area (Å²) < 4.78 is 10.2. The van der Waals surface area contributed by atoms with Crippen molar-refractivity contribution in [3.05, 3.63) is 30.3 Å². The molecule has 1 rings (SSSR count). The van der Waals surface area contributed by atoms with Gasteiger partial charge in [0.15, 0.2) is 0 Å². The van der Waals surface area contributed by atoms with Crippen LogP contribution in [0.5, 0.6) is 5.75 Å². The van der Waals surface area contributed by atoms with Crippen LogP contribution in [-0.4, -0.2) is 56.0 Å². The molecular weight excluding hydrogens is 324 g/mol. The number of carbonyl (C=O) groups is 3. The lowest BCUT2D eigenvalue weighted by atomic mass is 10.2. The fourth-order valence-corrected chi connectivity index (χ4v) is 2.14. The second-order valence-corrected chi connectivity index (χ2v) is 5.45. The summed E-state index contributed by atoms with van der Waals surface area (Å²) in [5.41, 5.74) is 0. The molecule has 0 saturated heterocycles. The highest BCUT2D eigenvalue weighted by Crippen LogP contribution is 2.09. The third kappa shape index (κ3) is 9.34. The zero-order chi connectivity index (χ0) is 18.5. The number of nitrogens with one attached hydrogen (secondary N) is 1. The number of ether oxygens (including phenoxy) is 2. The zero-order valence-electron chi connectivity index (χ0n) is 14.8. The highest BCUT2D eigenvalue weighted by atomic mass is 16.5. The van der Waals surface area contributed by atoms with E-state index < -0.39 is 0 Å². The minimum Gasteiger partial charge on any atom is -0.494 e. The van der Waals surface area contributed by atoms with Crippen LogP contribution in [0.2, 0.25) is 0 Å². The molecule has 0 aromatic heterocycles. The van der Waals surface area contributed by atoms with Crippen LogP contribution in [0, 0.1) is 0 Å². The number of benzene rings is 1. The number of esters is 1. The summed E-state index contributed by atoms with van der Waals surface area (Å²) in [7, 11) is 1.31. The molecule has 0 bridgehead atoms. The molecular formula is C18H26N2O5. The van der Waals surface area contributed by atoms with E-state index in [1.807, 2.05) is 30.3 Å². The zero-order valence-corrected chi connectivity index (χ0v) is 14.8. The second-order valence-electron chi connectivity index (χ2n) is 5.45. The Labute approximate surface area is 148 Å². The molecule has 138 valence electrons. The van der Waals surface area contributed by atoms with Gasteiger partial charge in [0.25, 0.3) is 0 Å². The van der Waals surface area contributed by atoms with E-state index in [0.717, 1.165) is 5.75 Å². The Morgan fingerprint density at radius 3 is 2.44 bits per heavy atom. The normalized spacial score (nSPS) is 10.0. The van der Waals surface area contributed by atoms with Crippen molar-refractivity contribution in [2.75, 3.05) is 33.4 Å². The molecule has 0 atom stereocenters. The van der Waals surface area contributed by atoms with Crippen molar-refractivity contribution in [3.8, 4) is 5.75 Å². The van der Waals surface area contributed by atoms with Crippen molar-refractivity contribution < 1.29 is 23.9 Å². The van der Waals surface area contributed by atoms with Gasteiger partial charge >= 0.3 is 5.97 Å². The van der Waals surface area contributed by atoms with Gasteiger partial charge in [-0.1, -0.05) is 18.2 Å². The van der Waals surface area contributed by atoms with Crippen molar-refractivity contribution >= 4 is 17.8 Å². The summed E-state index contributed by atoms with van der Waals surface area (Å²) in [5, 5.41) is 2.65. The monoisotopic (exact) mass is 350 g/mol. The maximum atomic E-state index is 12.3. The van der Waals surface area contributed by atoms with Crippen LogP contribution < -0.4 is 10.1 Å². The minimum atomic E-state index is -0.371. The molecule has 0 aliphatic rings. The van der Waals surface area contributed by atoms with Gasteiger partial charge in [-0.3, -0.25) is 14.4 Å². The van der Waals surface area contributed by atoms with E-state index in [-0.39, 0.29) is 30.7 Å². The van der Waals surface area contributed by atoms with Gasteiger partial charge in [0.2, 0.25) is 11.8 Å². The van der Waals surface area contributed by atoms with Crippen LogP contribution in [0.15, 0.2) is 30.3 Å². The number of para-hydroxylation sites is 1. The number of hydrogen-bond donors (Lipinski definition) is 1. The Morgan fingerprint density at radius 1 is 1.08 bits per heavy atom. The van der Waals surface area contributed by atoms with Gasteiger partial charge in [0, 0.05) is 33.0 Å². The fraction of sp³-hybridized carbons (Fsp3) is 0.500. The van der Waals surface area contributed by atoms with E-state index in [2.05, 4.69) is 10.1 Å². The lowest BCUT2D eigenvalue weighted by Gasteiger charge is -2.22. The average Bonchev–Trinajstić information content (AvgIpc) is 2.61. The molecule has 2 amide bonds. The summed E-state index contributed by atoms with van der Waals surface area (Å²) in [6, 6.07) is 9.40. The smallest absolute Gasteiger partial charge is 0.307 e. The summed E-state index contributed by atoms with van der Waals surface area (Å²) >= 11 is 0. The summed E-state index contributed by atoms with van der Waals surface area (Å²) in [6.45, 7) is 2.83. The van der Waals surface area contributed by atoms with Crippen LogP contribution in [0.25, 0.3) is 0 Å². The lowest BCUT2D eigenvalue weighted by molar-refractivity contribution is -0.142. The van der Waals surface area contributed by atoms with Gasteiger partial charge in [-0.2, -0.15) is 0 Å². The Hall–Kier alpha value is -2.57. The van der Waals surface area contributed by atoms with E-state index in [1.54, 1.807) is 4.90 Å². The van der Waals surface area contributed by atoms with E-state index in [1.165, 1.54) is 14.0 Å². The van der Waals surface area contributed by atoms with Gasteiger partial charge in [-0.05, 0) is 18.6 Å². The van der Waals surface area contributed by atoms with Crippen LogP contribution >= 0.6 is 0 Å². The Morgan fingerprint density at radius 2 is 1.80 bits per heavy atom. The number of hydrogen-bond acceptors (Lipinski definition) is 5. The Bertz CT molecular complexity index is 548. The van der Waals surface area contributed by atoms with Crippen LogP contribution in [-0.2, 0) is 19.1 Å². The molecule has 0 spiro atoms. The summed E-state index contributed by atoms with van der Waals surface area (Å²) in [5.74, 6) is 0.162. The molecule has 0 aliphatic carbocycles. The molecule has 0 fully saturated rings. The first-order valence-corrected chi connectivity index (χ1v) is 8.29. The van der Waals surface area contributed by atoms with Gasteiger partial charge in [0.1, 0.15) is 5.75 Å². The summed E-state index contributed by atoms with van der Waals surface area (Å²) in [6.07, 6.45) is 1.01. The molecule has 0 saturated carbocycles. The third-order valence-corrected chi connectivity index (χ3v) is 3.47. The van der Waals surface area contributed by atoms with Gasteiger partial charge in [0.05, 0.1) is 20.1 Å². The van der Waals surface area contributed by atoms with Crippen molar-refractivity contribution in [1.82, 2.24) is 10.2 Å². The molecule has 0 unspecified atom stereocenters. The van der Waals surface area contributed by atoms with Crippen molar-refractivity contribution in [3.63, 3.8) is 0 Å². The van der Waals surface area contributed by atoms with Crippen LogP contribution in [0.3, 0.4) is 0 Å². The van der Waals surface area contributed by atoms with Gasteiger partial charge < -0.3 is 19.7 Å². The molecule has 1 aromatic rings. The maximum Gasteiger partial charge on any atom is 0.307 e. The predicted molar refractivity (Wildman–Crippen MR) is 93.1 cm³/mol. The standard InChI is InChI=1S/C18H26N2O5/c1-15(21)19-11-13-20(12-10-18(23)24-2)17(22)9-6-14-25-16-7-4-3-5-8-16/h3-5,7-8H,6,9-14H2,1-2H3,(H,19,21). The Kier molecular flexibility index (Phi) is 9.74. The number of rotatable bonds is 11. The Balaban J connectivity index is 2.38. The maximum absolute atomic E-state index is 12.3. The van der Waals surface area contributed by atoms with Gasteiger partial charge in [-0.25, -0.2) is 0 Å². The first-order chi connectivity index (χ1) is 12.0. The van der Waals surface area contributed by atoms with Crippen LogP contribution in [0.1, 0.15) is 26.2 Å². The topological polar surface area (TPSA) is 84.9 Å². The quantitative estimate of drug-likeness (QED) is 0.481. The van der Waals surface area contributed by atoms with Crippen LogP contribution in [0.4, 0.5) is 0 Å². The SMILES string of the molecule is COC(=O)CCN(CCNC(C)=O)C(=O)CCCOc1ccccc1. The molecule has 0 radical (unpaired) electrons. The number of amides is 2. The fourth-order valence-electron chi connectivity index (χ4n) is 2.14. The van der Waals surface area contributed by atoms with E-state index in [4.69, 9.17) is 4.74 Å². The lowest BCUT2D eigenvalue weighted by Crippen LogP contribution is -2.39. The second kappa shape index (κ2) is 11.9. The van der Waals surface area contributed by atoms with Crippen molar-refractivity contribution in [2.45, 2.75) is 26.2 Å². The van der Waals surface area contributed by atoms with Crippen molar-refractivity contribution in [2.24, 2.45) is 0 Å². The van der Waals surface area contributed by atoms with Crippen molar-refractivity contribution in [1.29, 1.82) is 0 Å². The van der Waals surface area contributed by atoms with E-state index in [9.17, 15) is 14.4 Å². The average molecular weight is 350 g/mol. The molecule has 0 aliphatic heterocycles. The number of methoxy groups -OCH3 is 1. The molecule has 0 heterocycles. The predicted octanol–water partition coefficient (Wildman–Crippen LogP) is 1.37. The molecule has 1 N–H and O–H groups in total. The molecule has 1 aromatic carbocycles. The number of carbonyl (C=O) groups excluding carboxylic acids is 3. The highest BCUT2D eigenvalue weighted by molar-refractivity contribution is 5.77. The molecule has 7 nitrogen and oxygen atoms in total. The first kappa shape index (κ1) is 20.5. The van der Waals surface area contributed by atoms with E-state index in [0.29, 0.717) is 32.5 Å². The summed E-state index contributed by atoms with van der Waals surface area (Å²) in [4.78, 5) is 36.1. The van der Waals surface area contributed by atoms with Gasteiger partial charge in [-0.15, -0.1) is 0 Å². The van der Waals surface area contributed by atoms with E-state index >= 15 is 0 Å².